The van der Waals surface area contributed by atoms with Crippen LogP contribution in [0.3, 0.4) is 0 Å². The first-order chi connectivity index (χ1) is 14.0. The van der Waals surface area contributed by atoms with Gasteiger partial charge < -0.3 is 15.3 Å². The van der Waals surface area contributed by atoms with Crippen molar-refractivity contribution in [3.05, 3.63) is 23.8 Å². The van der Waals surface area contributed by atoms with Crippen LogP contribution < -0.4 is 0 Å². The molecule has 0 bridgehead atoms. The molecule has 2 fully saturated rings. The summed E-state index contributed by atoms with van der Waals surface area (Å²) in [4.78, 5) is 0. The lowest BCUT2D eigenvalue weighted by molar-refractivity contribution is -0.0129. The minimum atomic E-state index is -0.551. The van der Waals surface area contributed by atoms with Gasteiger partial charge in [0.1, 0.15) is 0 Å². The van der Waals surface area contributed by atoms with E-state index in [1.807, 2.05) is 13.8 Å². The van der Waals surface area contributed by atoms with Crippen LogP contribution in [0.25, 0.3) is 0 Å². The Balaban J connectivity index is 1.64. The van der Waals surface area contributed by atoms with E-state index in [2.05, 4.69) is 39.0 Å². The summed E-state index contributed by atoms with van der Waals surface area (Å²) in [6.07, 6.45) is 15.8. The molecule has 0 heterocycles. The van der Waals surface area contributed by atoms with Crippen molar-refractivity contribution < 1.29 is 15.3 Å². The summed E-state index contributed by atoms with van der Waals surface area (Å²) in [5.41, 5.74) is 1.32. The molecule has 3 rings (SSSR count). The normalized spacial score (nSPS) is 41.0. The molecule has 3 heteroatoms. The van der Waals surface area contributed by atoms with E-state index in [-0.39, 0.29) is 17.9 Å². The second-order valence-corrected chi connectivity index (χ2v) is 11.7. The van der Waals surface area contributed by atoms with Gasteiger partial charge in [-0.2, -0.15) is 0 Å². The zero-order valence-electron chi connectivity index (χ0n) is 20.0. The van der Waals surface area contributed by atoms with E-state index >= 15 is 0 Å². The van der Waals surface area contributed by atoms with E-state index in [0.717, 1.165) is 31.6 Å². The van der Waals surface area contributed by atoms with E-state index in [1.165, 1.54) is 31.3 Å². The first-order valence-electron chi connectivity index (χ1n) is 12.5. The van der Waals surface area contributed by atoms with Crippen LogP contribution in [0.15, 0.2) is 23.8 Å². The minimum Gasteiger partial charge on any atom is -0.393 e. The first-order valence-corrected chi connectivity index (χ1v) is 12.5. The Kier molecular flexibility index (Phi) is 7.58. The quantitative estimate of drug-likeness (QED) is 0.501. The van der Waals surface area contributed by atoms with Gasteiger partial charge in [-0.25, -0.2) is 0 Å². The van der Waals surface area contributed by atoms with Gasteiger partial charge >= 0.3 is 0 Å². The van der Waals surface area contributed by atoms with Gasteiger partial charge in [0.25, 0.3) is 0 Å². The summed E-state index contributed by atoms with van der Waals surface area (Å²) in [5, 5.41) is 30.4. The fourth-order valence-corrected chi connectivity index (χ4v) is 6.93. The molecule has 0 aromatic carbocycles. The van der Waals surface area contributed by atoms with Gasteiger partial charge in [-0.3, -0.25) is 0 Å². The van der Waals surface area contributed by atoms with Gasteiger partial charge in [-0.15, -0.1) is 0 Å². The summed E-state index contributed by atoms with van der Waals surface area (Å²) in [6, 6.07) is 0. The zero-order chi connectivity index (χ0) is 22.1. The Labute approximate surface area is 184 Å². The third kappa shape index (κ3) is 5.40. The first kappa shape index (κ1) is 24.0. The summed E-state index contributed by atoms with van der Waals surface area (Å²) in [5.74, 6) is 2.58. The van der Waals surface area contributed by atoms with E-state index < -0.39 is 11.7 Å². The lowest BCUT2D eigenvalue weighted by atomic mass is 9.62. The van der Waals surface area contributed by atoms with Gasteiger partial charge in [-0.05, 0) is 99.4 Å². The van der Waals surface area contributed by atoms with Crippen molar-refractivity contribution in [2.45, 2.75) is 110 Å². The fraction of sp³-hybridized carbons (Fsp3) is 0.852. The minimum absolute atomic E-state index is 0.215. The smallest absolute Gasteiger partial charge is 0.0596 e. The van der Waals surface area contributed by atoms with Gasteiger partial charge in [0.15, 0.2) is 0 Å². The third-order valence-corrected chi connectivity index (χ3v) is 8.89. The maximum absolute atomic E-state index is 10.2. The van der Waals surface area contributed by atoms with Gasteiger partial charge in [0.05, 0.1) is 17.8 Å². The number of hydrogen-bond donors (Lipinski definition) is 3. The van der Waals surface area contributed by atoms with E-state index in [4.69, 9.17) is 0 Å². The number of aliphatic hydroxyl groups is 3. The monoisotopic (exact) mass is 418 g/mol. The van der Waals surface area contributed by atoms with Crippen LogP contribution in [-0.2, 0) is 0 Å². The molecular weight excluding hydrogens is 372 g/mol. The zero-order valence-corrected chi connectivity index (χ0v) is 20.0. The summed E-state index contributed by atoms with van der Waals surface area (Å²) in [7, 11) is 0. The third-order valence-electron chi connectivity index (χ3n) is 8.89. The van der Waals surface area contributed by atoms with E-state index in [1.54, 1.807) is 0 Å². The van der Waals surface area contributed by atoms with Crippen LogP contribution >= 0.6 is 0 Å². The highest BCUT2D eigenvalue weighted by Gasteiger charge is 2.49. The summed E-state index contributed by atoms with van der Waals surface area (Å²) < 4.78 is 0. The number of fused-ring (bicyclic) bond motifs is 1. The van der Waals surface area contributed by atoms with Gasteiger partial charge in [0.2, 0.25) is 0 Å². The van der Waals surface area contributed by atoms with Crippen molar-refractivity contribution in [2.75, 3.05) is 0 Å². The van der Waals surface area contributed by atoms with Crippen molar-refractivity contribution in [3.8, 4) is 0 Å². The summed E-state index contributed by atoms with van der Waals surface area (Å²) >= 11 is 0. The van der Waals surface area contributed by atoms with Crippen LogP contribution in [0, 0.1) is 35.0 Å². The topological polar surface area (TPSA) is 60.7 Å². The van der Waals surface area contributed by atoms with Crippen molar-refractivity contribution in [1.82, 2.24) is 0 Å². The molecule has 0 saturated heterocycles. The van der Waals surface area contributed by atoms with E-state index in [0.29, 0.717) is 23.7 Å². The predicted octanol–water partition coefficient (Wildman–Crippen LogP) is 5.64. The van der Waals surface area contributed by atoms with Gasteiger partial charge in [-0.1, -0.05) is 51.8 Å². The molecule has 0 amide bonds. The molecule has 0 aliphatic heterocycles. The molecule has 2 saturated carbocycles. The predicted molar refractivity (Wildman–Crippen MR) is 124 cm³/mol. The average Bonchev–Trinajstić information content (AvgIpc) is 3.00. The molecular formula is C27H46O3. The molecule has 8 atom stereocenters. The molecule has 0 aromatic heterocycles. The second kappa shape index (κ2) is 9.46. The van der Waals surface area contributed by atoms with Crippen LogP contribution in [0.1, 0.15) is 92.4 Å². The highest BCUT2D eigenvalue weighted by Crippen LogP contribution is 2.58. The van der Waals surface area contributed by atoms with Crippen molar-refractivity contribution in [3.63, 3.8) is 0 Å². The molecule has 0 aromatic rings. The molecule has 3 nitrogen and oxygen atoms in total. The molecule has 3 N–H and O–H groups in total. The van der Waals surface area contributed by atoms with Crippen LogP contribution in [-0.4, -0.2) is 33.1 Å². The highest BCUT2D eigenvalue weighted by atomic mass is 16.3. The lowest BCUT2D eigenvalue weighted by Crippen LogP contribution is -2.36. The van der Waals surface area contributed by atoms with Crippen LogP contribution in [0.4, 0.5) is 0 Å². The number of hydrogen-bond acceptors (Lipinski definition) is 3. The largest absolute Gasteiger partial charge is 0.393 e. The Morgan fingerprint density at radius 2 is 1.97 bits per heavy atom. The maximum Gasteiger partial charge on any atom is 0.0596 e. The molecule has 3 aliphatic carbocycles. The van der Waals surface area contributed by atoms with Crippen molar-refractivity contribution in [2.24, 2.45) is 35.0 Å². The van der Waals surface area contributed by atoms with Crippen molar-refractivity contribution in [1.29, 1.82) is 0 Å². The Hall–Kier alpha value is -0.640. The Morgan fingerprint density at radius 3 is 2.67 bits per heavy atom. The Morgan fingerprint density at radius 1 is 1.23 bits per heavy atom. The molecule has 172 valence electrons. The number of rotatable bonds is 7. The van der Waals surface area contributed by atoms with E-state index in [9.17, 15) is 15.3 Å². The average molecular weight is 419 g/mol. The molecule has 0 spiro atoms. The van der Waals surface area contributed by atoms with Crippen LogP contribution in [0.5, 0.6) is 0 Å². The fourth-order valence-electron chi connectivity index (χ4n) is 6.93. The highest BCUT2D eigenvalue weighted by molar-refractivity contribution is 5.29. The SMILES string of the molecule is CC1C(/C=C/C2=CCC[C@]3(C)[C@@H]([C@H](C)CCCC(C)(C)O)CC[C@@H]23)C[C@@H](O)C[C@@H]1O. The summed E-state index contributed by atoms with van der Waals surface area (Å²) in [6.45, 7) is 10.9. The molecule has 30 heavy (non-hydrogen) atoms. The number of allylic oxidation sites excluding steroid dienone is 4. The van der Waals surface area contributed by atoms with Crippen molar-refractivity contribution >= 4 is 0 Å². The second-order valence-electron chi connectivity index (χ2n) is 11.7. The molecule has 2 unspecified atom stereocenters. The lowest BCUT2D eigenvalue weighted by Gasteiger charge is -2.43. The standard InChI is InChI=1S/C27H46O3/c1-18(8-6-14-26(3,4)30)23-12-13-24-20(9-7-15-27(23,24)5)10-11-21-16-22(28)17-25(29)19(21)2/h9-11,18-19,21-25,28-30H,6-8,12-17H2,1-5H3/b11-10+/t18-,19?,21?,22-,23-,24+,25+,27-/m1/s1. The molecule has 0 radical (unpaired) electrons. The Bertz CT molecular complexity index is 631. The van der Waals surface area contributed by atoms with Gasteiger partial charge in [0, 0.05) is 0 Å². The number of aliphatic hydroxyl groups excluding tert-OH is 2. The molecule has 3 aliphatic rings. The maximum atomic E-state index is 10.2. The van der Waals surface area contributed by atoms with Crippen LogP contribution in [0.2, 0.25) is 0 Å².